The van der Waals surface area contributed by atoms with Crippen molar-refractivity contribution in [1.29, 1.82) is 5.26 Å². The fraction of sp³-hybridized carbons (Fsp3) is 0.118. The number of benzene rings is 2. The number of rotatable bonds is 5. The molecule has 0 saturated carbocycles. The van der Waals surface area contributed by atoms with Crippen molar-refractivity contribution in [3.63, 3.8) is 0 Å². The Balaban J connectivity index is 1.96. The van der Waals surface area contributed by atoms with Crippen LogP contribution in [0.2, 0.25) is 5.02 Å². The van der Waals surface area contributed by atoms with Crippen molar-refractivity contribution in [1.82, 2.24) is 0 Å². The molecular weight excluding hydrogens is 348 g/mol. The Labute approximate surface area is 148 Å². The monoisotopic (exact) mass is 360 g/mol. The average Bonchev–Trinajstić information content (AvgIpc) is 2.60. The first kappa shape index (κ1) is 17.9. The second-order valence-electron chi connectivity index (χ2n) is 4.66. The third-order valence-corrected chi connectivity index (χ3v) is 4.06. The van der Waals surface area contributed by atoms with Gasteiger partial charge in [0, 0.05) is 10.6 Å². The van der Waals surface area contributed by atoms with Gasteiger partial charge in [-0.1, -0.05) is 17.7 Å². The lowest BCUT2D eigenvalue weighted by atomic mass is 10.2. The lowest BCUT2D eigenvalue weighted by molar-refractivity contribution is -0.119. The van der Waals surface area contributed by atoms with E-state index >= 15 is 0 Å². The fourth-order valence-electron chi connectivity index (χ4n) is 1.86. The van der Waals surface area contributed by atoms with Crippen molar-refractivity contribution in [2.75, 3.05) is 18.2 Å². The van der Waals surface area contributed by atoms with Crippen LogP contribution in [0, 0.1) is 11.3 Å². The molecule has 0 bridgehead atoms. The molecule has 0 saturated heterocycles. The van der Waals surface area contributed by atoms with Gasteiger partial charge in [0.2, 0.25) is 0 Å². The molecule has 122 valence electrons. The van der Waals surface area contributed by atoms with Crippen LogP contribution in [0.4, 0.5) is 5.69 Å². The molecule has 0 fully saturated rings. The Morgan fingerprint density at radius 3 is 2.79 bits per heavy atom. The summed E-state index contributed by atoms with van der Waals surface area (Å²) in [7, 11) is 0. The Kier molecular flexibility index (Phi) is 6.24. The zero-order valence-corrected chi connectivity index (χ0v) is 14.3. The van der Waals surface area contributed by atoms with Crippen molar-refractivity contribution in [2.24, 2.45) is 0 Å². The number of nitrogens with one attached hydrogen (secondary N) is 1. The number of carbonyl (C=O) groups excluding carboxylic acids is 2. The molecule has 7 heteroatoms. The van der Waals surface area contributed by atoms with Gasteiger partial charge in [-0.15, -0.1) is 11.8 Å². The van der Waals surface area contributed by atoms with E-state index in [9.17, 15) is 9.59 Å². The third-order valence-electron chi connectivity index (χ3n) is 3.00. The summed E-state index contributed by atoms with van der Waals surface area (Å²) in [5.41, 5.74) is 1.09. The smallest absolute Gasteiger partial charge is 0.340 e. The first-order valence-corrected chi connectivity index (χ1v) is 8.44. The molecule has 1 amide bonds. The van der Waals surface area contributed by atoms with Gasteiger partial charge in [-0.2, -0.15) is 5.26 Å². The van der Waals surface area contributed by atoms with E-state index in [1.54, 1.807) is 36.4 Å². The minimum Gasteiger partial charge on any atom is -0.452 e. The van der Waals surface area contributed by atoms with Crippen molar-refractivity contribution >= 4 is 40.9 Å². The number of amides is 1. The summed E-state index contributed by atoms with van der Waals surface area (Å²) in [6, 6.07) is 13.4. The second kappa shape index (κ2) is 8.39. The maximum absolute atomic E-state index is 12.1. The molecule has 2 rings (SSSR count). The predicted octanol–water partition coefficient (Wildman–Crippen LogP) is 3.73. The molecule has 0 radical (unpaired) electrons. The standard InChI is InChI=1S/C17H13ClN2O3S/c1-24-13-5-6-15(18)14(8-13)17(22)23-10-16(21)20-12-4-2-3-11(7-12)9-19/h2-8H,10H2,1H3,(H,20,21). The Morgan fingerprint density at radius 2 is 2.08 bits per heavy atom. The van der Waals surface area contributed by atoms with Gasteiger partial charge in [0.25, 0.3) is 5.91 Å². The number of esters is 1. The molecule has 2 aromatic rings. The molecule has 0 atom stereocenters. The van der Waals surface area contributed by atoms with Crippen molar-refractivity contribution in [3.05, 3.63) is 58.6 Å². The summed E-state index contributed by atoms with van der Waals surface area (Å²) >= 11 is 7.45. The van der Waals surface area contributed by atoms with E-state index < -0.39 is 18.5 Å². The van der Waals surface area contributed by atoms with Gasteiger partial charge in [0.05, 0.1) is 22.2 Å². The van der Waals surface area contributed by atoms with Gasteiger partial charge < -0.3 is 10.1 Å². The van der Waals surface area contributed by atoms with Crippen LogP contribution in [0.3, 0.4) is 0 Å². The quantitative estimate of drug-likeness (QED) is 0.649. The number of hydrogen-bond acceptors (Lipinski definition) is 5. The Morgan fingerprint density at radius 1 is 1.29 bits per heavy atom. The highest BCUT2D eigenvalue weighted by Gasteiger charge is 2.14. The van der Waals surface area contributed by atoms with E-state index in [2.05, 4.69) is 5.32 Å². The Bertz CT molecular complexity index is 818. The van der Waals surface area contributed by atoms with Crippen LogP contribution in [0.1, 0.15) is 15.9 Å². The number of anilines is 1. The fourth-order valence-corrected chi connectivity index (χ4v) is 2.49. The highest BCUT2D eigenvalue weighted by atomic mass is 35.5. The summed E-state index contributed by atoms with van der Waals surface area (Å²) in [5.74, 6) is -1.17. The lowest BCUT2D eigenvalue weighted by Gasteiger charge is -2.08. The summed E-state index contributed by atoms with van der Waals surface area (Å²) < 4.78 is 4.99. The zero-order valence-electron chi connectivity index (χ0n) is 12.7. The number of hydrogen-bond donors (Lipinski definition) is 1. The van der Waals surface area contributed by atoms with Gasteiger partial charge in [-0.25, -0.2) is 4.79 Å². The van der Waals surface area contributed by atoms with Crippen LogP contribution in [-0.4, -0.2) is 24.7 Å². The minimum absolute atomic E-state index is 0.211. The van der Waals surface area contributed by atoms with Crippen LogP contribution < -0.4 is 5.32 Å². The van der Waals surface area contributed by atoms with Crippen molar-refractivity contribution < 1.29 is 14.3 Å². The average molecular weight is 361 g/mol. The van der Waals surface area contributed by atoms with Gasteiger partial charge in [0.1, 0.15) is 0 Å². The molecule has 24 heavy (non-hydrogen) atoms. The van der Waals surface area contributed by atoms with Crippen molar-refractivity contribution in [2.45, 2.75) is 4.90 Å². The van der Waals surface area contributed by atoms with Crippen LogP contribution in [-0.2, 0) is 9.53 Å². The zero-order chi connectivity index (χ0) is 17.5. The van der Waals surface area contributed by atoms with E-state index in [-0.39, 0.29) is 10.6 Å². The van der Waals surface area contributed by atoms with Crippen LogP contribution >= 0.6 is 23.4 Å². The SMILES string of the molecule is CSc1ccc(Cl)c(C(=O)OCC(=O)Nc2cccc(C#N)c2)c1. The predicted molar refractivity (Wildman–Crippen MR) is 93.3 cm³/mol. The molecule has 0 aliphatic rings. The third kappa shape index (κ3) is 4.75. The molecule has 0 aliphatic heterocycles. The molecule has 0 aromatic heterocycles. The van der Waals surface area contributed by atoms with E-state index in [4.69, 9.17) is 21.6 Å². The van der Waals surface area contributed by atoms with E-state index in [0.29, 0.717) is 11.3 Å². The van der Waals surface area contributed by atoms with E-state index in [1.807, 2.05) is 12.3 Å². The summed E-state index contributed by atoms with van der Waals surface area (Å²) in [6.07, 6.45) is 1.88. The molecule has 2 aromatic carbocycles. The minimum atomic E-state index is -0.670. The highest BCUT2D eigenvalue weighted by Crippen LogP contribution is 2.23. The second-order valence-corrected chi connectivity index (χ2v) is 5.95. The normalized spacial score (nSPS) is 9.88. The summed E-state index contributed by atoms with van der Waals surface area (Å²) in [4.78, 5) is 24.8. The molecular formula is C17H13ClN2O3S. The van der Waals surface area contributed by atoms with E-state index in [1.165, 1.54) is 17.8 Å². The number of nitrogens with zero attached hydrogens (tertiary/aromatic N) is 1. The topological polar surface area (TPSA) is 79.2 Å². The maximum Gasteiger partial charge on any atom is 0.340 e. The number of halogens is 1. The Hall–Kier alpha value is -2.49. The molecule has 5 nitrogen and oxygen atoms in total. The molecule has 0 aliphatic carbocycles. The lowest BCUT2D eigenvalue weighted by Crippen LogP contribution is -2.21. The summed E-state index contributed by atoms with van der Waals surface area (Å²) in [6.45, 7) is -0.449. The van der Waals surface area contributed by atoms with Crippen LogP contribution in [0.15, 0.2) is 47.4 Å². The van der Waals surface area contributed by atoms with Gasteiger partial charge in [-0.3, -0.25) is 4.79 Å². The van der Waals surface area contributed by atoms with E-state index in [0.717, 1.165) is 4.90 Å². The molecule has 0 heterocycles. The number of carbonyl (C=O) groups is 2. The first-order valence-electron chi connectivity index (χ1n) is 6.84. The van der Waals surface area contributed by atoms with Crippen LogP contribution in [0.5, 0.6) is 0 Å². The maximum atomic E-state index is 12.1. The number of thioether (sulfide) groups is 1. The number of ether oxygens (including phenoxy) is 1. The van der Waals surface area contributed by atoms with Crippen molar-refractivity contribution in [3.8, 4) is 6.07 Å². The van der Waals surface area contributed by atoms with Gasteiger partial charge >= 0.3 is 5.97 Å². The molecule has 1 N–H and O–H groups in total. The summed E-state index contributed by atoms with van der Waals surface area (Å²) in [5, 5.41) is 11.6. The highest BCUT2D eigenvalue weighted by molar-refractivity contribution is 7.98. The van der Waals surface area contributed by atoms with Gasteiger partial charge in [0.15, 0.2) is 6.61 Å². The van der Waals surface area contributed by atoms with Gasteiger partial charge in [-0.05, 0) is 42.7 Å². The largest absolute Gasteiger partial charge is 0.452 e. The molecule has 0 unspecified atom stereocenters. The van der Waals surface area contributed by atoms with Crippen LogP contribution in [0.25, 0.3) is 0 Å². The number of nitriles is 1. The molecule has 0 spiro atoms. The first-order chi connectivity index (χ1) is 11.5.